The van der Waals surface area contributed by atoms with E-state index in [0.29, 0.717) is 24.6 Å². The first-order valence-corrected chi connectivity index (χ1v) is 8.00. The van der Waals surface area contributed by atoms with Crippen LogP contribution in [0.15, 0.2) is 48.5 Å². The molecule has 0 aliphatic heterocycles. The first-order chi connectivity index (χ1) is 11.7. The van der Waals surface area contributed by atoms with Gasteiger partial charge in [-0.1, -0.05) is 36.4 Å². The minimum Gasteiger partial charge on any atom is -0.492 e. The van der Waals surface area contributed by atoms with E-state index in [9.17, 15) is 4.79 Å². The van der Waals surface area contributed by atoms with E-state index < -0.39 is 0 Å². The van der Waals surface area contributed by atoms with Crippen LogP contribution in [0.25, 0.3) is 0 Å². The molecule has 1 unspecified atom stereocenters. The SMILES string of the molecule is CCOc1ccccc1NC(=O)NCC(OC)c1ccccc1C. The summed E-state index contributed by atoms with van der Waals surface area (Å²) in [6.45, 7) is 4.85. The fraction of sp³-hybridized carbons (Fsp3) is 0.316. The third-order valence-electron chi connectivity index (χ3n) is 3.70. The molecule has 0 bridgehead atoms. The molecule has 0 fully saturated rings. The van der Waals surface area contributed by atoms with Crippen LogP contribution in [0.3, 0.4) is 0 Å². The number of carbonyl (C=O) groups excluding carboxylic acids is 1. The molecule has 0 aliphatic carbocycles. The molecule has 2 amide bonds. The molecule has 1 atom stereocenters. The van der Waals surface area contributed by atoms with E-state index in [1.54, 1.807) is 13.2 Å². The first-order valence-electron chi connectivity index (χ1n) is 8.00. The van der Waals surface area contributed by atoms with Crippen molar-refractivity contribution in [2.75, 3.05) is 25.6 Å². The maximum absolute atomic E-state index is 12.2. The summed E-state index contributed by atoms with van der Waals surface area (Å²) in [6.07, 6.45) is -0.195. The van der Waals surface area contributed by atoms with Gasteiger partial charge in [0.2, 0.25) is 0 Å². The second-order valence-corrected chi connectivity index (χ2v) is 5.35. The molecule has 2 aromatic rings. The zero-order valence-corrected chi connectivity index (χ0v) is 14.3. The van der Waals surface area contributed by atoms with E-state index in [4.69, 9.17) is 9.47 Å². The summed E-state index contributed by atoms with van der Waals surface area (Å²) in [5, 5.41) is 5.66. The highest BCUT2D eigenvalue weighted by atomic mass is 16.5. The van der Waals surface area contributed by atoms with Gasteiger partial charge in [-0.3, -0.25) is 0 Å². The summed E-state index contributed by atoms with van der Waals surface area (Å²) >= 11 is 0. The number of aryl methyl sites for hydroxylation is 1. The van der Waals surface area contributed by atoms with Crippen LogP contribution in [0, 0.1) is 6.92 Å². The van der Waals surface area contributed by atoms with Crippen molar-refractivity contribution in [2.24, 2.45) is 0 Å². The van der Waals surface area contributed by atoms with Gasteiger partial charge < -0.3 is 20.1 Å². The molecule has 128 valence electrons. The highest BCUT2D eigenvalue weighted by molar-refractivity contribution is 5.90. The Hall–Kier alpha value is -2.53. The number of anilines is 1. The lowest BCUT2D eigenvalue weighted by Gasteiger charge is -2.19. The first kappa shape index (κ1) is 17.8. The average molecular weight is 328 g/mol. The summed E-state index contributed by atoms with van der Waals surface area (Å²) in [5.74, 6) is 0.650. The molecule has 2 rings (SSSR count). The summed E-state index contributed by atoms with van der Waals surface area (Å²) in [7, 11) is 1.64. The Bertz CT molecular complexity index is 673. The molecule has 0 radical (unpaired) electrons. The molecule has 5 heteroatoms. The van der Waals surface area contributed by atoms with Crippen molar-refractivity contribution in [1.82, 2.24) is 5.32 Å². The summed E-state index contributed by atoms with van der Waals surface area (Å²) in [6, 6.07) is 15.0. The summed E-state index contributed by atoms with van der Waals surface area (Å²) in [4.78, 5) is 12.2. The van der Waals surface area contributed by atoms with Crippen LogP contribution in [-0.2, 0) is 4.74 Å². The van der Waals surface area contributed by atoms with Gasteiger partial charge in [-0.25, -0.2) is 4.79 Å². The van der Waals surface area contributed by atoms with Crippen LogP contribution in [0.1, 0.15) is 24.2 Å². The zero-order valence-electron chi connectivity index (χ0n) is 14.3. The normalized spacial score (nSPS) is 11.6. The number of hydrogen-bond donors (Lipinski definition) is 2. The lowest BCUT2D eigenvalue weighted by Crippen LogP contribution is -2.33. The number of urea groups is 1. The van der Waals surface area contributed by atoms with E-state index in [1.807, 2.05) is 56.3 Å². The van der Waals surface area contributed by atoms with Gasteiger partial charge in [0.1, 0.15) is 5.75 Å². The van der Waals surface area contributed by atoms with Crippen molar-refractivity contribution < 1.29 is 14.3 Å². The Morgan fingerprint density at radius 3 is 2.54 bits per heavy atom. The lowest BCUT2D eigenvalue weighted by atomic mass is 10.0. The van der Waals surface area contributed by atoms with Gasteiger partial charge in [0, 0.05) is 13.7 Å². The highest BCUT2D eigenvalue weighted by Gasteiger charge is 2.14. The maximum atomic E-state index is 12.2. The number of rotatable bonds is 7. The van der Waals surface area contributed by atoms with Crippen LogP contribution < -0.4 is 15.4 Å². The van der Waals surface area contributed by atoms with Gasteiger partial charge in [-0.15, -0.1) is 0 Å². The molecule has 24 heavy (non-hydrogen) atoms. The van der Waals surface area contributed by atoms with Crippen LogP contribution >= 0.6 is 0 Å². The number of nitrogens with one attached hydrogen (secondary N) is 2. The fourth-order valence-electron chi connectivity index (χ4n) is 2.47. The molecule has 5 nitrogen and oxygen atoms in total. The molecule has 0 spiro atoms. The van der Waals surface area contributed by atoms with Crippen molar-refractivity contribution in [3.05, 3.63) is 59.7 Å². The number of para-hydroxylation sites is 2. The Morgan fingerprint density at radius 2 is 1.83 bits per heavy atom. The van der Waals surface area contributed by atoms with Gasteiger partial charge in [-0.2, -0.15) is 0 Å². The van der Waals surface area contributed by atoms with Crippen LogP contribution in [0.5, 0.6) is 5.75 Å². The van der Waals surface area contributed by atoms with E-state index in [1.165, 1.54) is 0 Å². The Kier molecular flexibility index (Phi) is 6.63. The number of amides is 2. The van der Waals surface area contributed by atoms with Crippen LogP contribution in [-0.4, -0.2) is 26.3 Å². The highest BCUT2D eigenvalue weighted by Crippen LogP contribution is 2.24. The van der Waals surface area contributed by atoms with Gasteiger partial charge in [0.05, 0.1) is 18.4 Å². The number of ether oxygens (including phenoxy) is 2. The Labute approximate surface area is 143 Å². The molecular formula is C19H24N2O3. The molecular weight excluding hydrogens is 304 g/mol. The molecule has 0 aliphatic rings. The zero-order chi connectivity index (χ0) is 17.4. The largest absolute Gasteiger partial charge is 0.492 e. The predicted octanol–water partition coefficient (Wildman–Crippen LogP) is 3.90. The molecule has 2 N–H and O–H groups in total. The van der Waals surface area contributed by atoms with Crippen molar-refractivity contribution in [1.29, 1.82) is 0 Å². The third kappa shape index (κ3) is 4.73. The molecule has 2 aromatic carbocycles. The van der Waals surface area contributed by atoms with Crippen LogP contribution in [0.4, 0.5) is 10.5 Å². The Balaban J connectivity index is 1.96. The fourth-order valence-corrected chi connectivity index (χ4v) is 2.47. The van der Waals surface area contributed by atoms with Gasteiger partial charge >= 0.3 is 6.03 Å². The van der Waals surface area contributed by atoms with Gasteiger partial charge in [0.15, 0.2) is 0 Å². The number of carbonyl (C=O) groups is 1. The molecule has 0 aromatic heterocycles. The van der Waals surface area contributed by atoms with Crippen molar-refractivity contribution in [2.45, 2.75) is 20.0 Å². The maximum Gasteiger partial charge on any atom is 0.319 e. The molecule has 0 saturated carbocycles. The Morgan fingerprint density at radius 1 is 1.12 bits per heavy atom. The monoisotopic (exact) mass is 328 g/mol. The van der Waals surface area contributed by atoms with E-state index in [2.05, 4.69) is 10.6 Å². The second-order valence-electron chi connectivity index (χ2n) is 5.35. The molecule has 0 saturated heterocycles. The van der Waals surface area contributed by atoms with E-state index in [-0.39, 0.29) is 12.1 Å². The van der Waals surface area contributed by atoms with E-state index >= 15 is 0 Å². The summed E-state index contributed by atoms with van der Waals surface area (Å²) < 4.78 is 11.0. The van der Waals surface area contributed by atoms with Crippen molar-refractivity contribution >= 4 is 11.7 Å². The van der Waals surface area contributed by atoms with Crippen LogP contribution in [0.2, 0.25) is 0 Å². The quantitative estimate of drug-likeness (QED) is 0.810. The minimum absolute atomic E-state index is 0.195. The minimum atomic E-state index is -0.294. The number of hydrogen-bond acceptors (Lipinski definition) is 3. The van der Waals surface area contributed by atoms with Crippen molar-refractivity contribution in [3.63, 3.8) is 0 Å². The number of benzene rings is 2. The van der Waals surface area contributed by atoms with Gasteiger partial charge in [0.25, 0.3) is 0 Å². The standard InChI is InChI=1S/C19H24N2O3/c1-4-24-17-12-8-7-11-16(17)21-19(22)20-13-18(23-3)15-10-6-5-9-14(15)2/h5-12,18H,4,13H2,1-3H3,(H2,20,21,22). The van der Waals surface area contributed by atoms with Gasteiger partial charge in [-0.05, 0) is 37.1 Å². The summed E-state index contributed by atoms with van der Waals surface area (Å²) in [5.41, 5.74) is 2.84. The number of methoxy groups -OCH3 is 1. The molecule has 0 heterocycles. The predicted molar refractivity (Wildman–Crippen MR) is 95.6 cm³/mol. The van der Waals surface area contributed by atoms with E-state index in [0.717, 1.165) is 11.1 Å². The average Bonchev–Trinajstić information content (AvgIpc) is 2.59. The third-order valence-corrected chi connectivity index (χ3v) is 3.70. The topological polar surface area (TPSA) is 59.6 Å². The van der Waals surface area contributed by atoms with Crippen molar-refractivity contribution in [3.8, 4) is 5.75 Å². The second kappa shape index (κ2) is 8.93. The lowest BCUT2D eigenvalue weighted by molar-refractivity contribution is 0.104. The smallest absolute Gasteiger partial charge is 0.319 e.